The van der Waals surface area contributed by atoms with Crippen LogP contribution >= 0.6 is 0 Å². The maximum Gasteiger partial charge on any atom is 0.262 e. The van der Waals surface area contributed by atoms with Crippen LogP contribution in [-0.2, 0) is 26.0 Å². The molecule has 174 valence electrons. The molecule has 2 aromatic rings. The van der Waals surface area contributed by atoms with Crippen molar-refractivity contribution in [3.05, 3.63) is 47.5 Å². The molecule has 3 aliphatic heterocycles. The molecule has 1 N–H and O–H groups in total. The number of rotatable bonds is 3. The first-order chi connectivity index (χ1) is 15.8. The summed E-state index contributed by atoms with van der Waals surface area (Å²) in [5.74, 6) is -0.0310. The highest BCUT2D eigenvalue weighted by Crippen LogP contribution is 2.37. The Kier molecular flexibility index (Phi) is 5.41. The van der Waals surface area contributed by atoms with Crippen molar-refractivity contribution < 1.29 is 22.7 Å². The van der Waals surface area contributed by atoms with Gasteiger partial charge in [-0.2, -0.15) is 4.31 Å². The molecule has 2 amide bonds. The largest absolute Gasteiger partial charge is 0.482 e. The van der Waals surface area contributed by atoms with Gasteiger partial charge in [-0.25, -0.2) is 8.42 Å². The first kappa shape index (κ1) is 21.9. The predicted octanol–water partition coefficient (Wildman–Crippen LogP) is 2.70. The van der Waals surface area contributed by atoms with E-state index in [1.165, 1.54) is 15.9 Å². The van der Waals surface area contributed by atoms with Crippen LogP contribution in [0.5, 0.6) is 5.75 Å². The number of carbonyl (C=O) groups excluding carboxylic acids is 2. The van der Waals surface area contributed by atoms with Crippen molar-refractivity contribution in [1.82, 2.24) is 4.31 Å². The Balaban J connectivity index is 1.31. The van der Waals surface area contributed by atoms with Gasteiger partial charge in [0.05, 0.1) is 10.6 Å². The van der Waals surface area contributed by atoms with Crippen molar-refractivity contribution in [3.8, 4) is 5.75 Å². The van der Waals surface area contributed by atoms with Gasteiger partial charge in [-0.3, -0.25) is 9.59 Å². The number of para-hydroxylation sites is 1. The lowest BCUT2D eigenvalue weighted by atomic mass is 9.96. The average molecular weight is 470 g/mol. The van der Waals surface area contributed by atoms with E-state index in [1.807, 2.05) is 23.1 Å². The van der Waals surface area contributed by atoms with Crippen LogP contribution in [0.3, 0.4) is 0 Å². The maximum absolute atomic E-state index is 13.4. The second-order valence-corrected chi connectivity index (χ2v) is 10.9. The second kappa shape index (κ2) is 8.14. The summed E-state index contributed by atoms with van der Waals surface area (Å²) < 4.78 is 33.7. The van der Waals surface area contributed by atoms with E-state index in [4.69, 9.17) is 4.74 Å². The van der Waals surface area contributed by atoms with Gasteiger partial charge in [-0.15, -0.1) is 0 Å². The van der Waals surface area contributed by atoms with Gasteiger partial charge in [0.2, 0.25) is 15.9 Å². The summed E-state index contributed by atoms with van der Waals surface area (Å²) in [6, 6.07) is 11.2. The molecule has 9 heteroatoms. The molecule has 0 aliphatic carbocycles. The molecule has 0 bridgehead atoms. The lowest BCUT2D eigenvalue weighted by molar-refractivity contribution is -0.123. The molecule has 0 spiro atoms. The van der Waals surface area contributed by atoms with Gasteiger partial charge < -0.3 is 15.0 Å². The fourth-order valence-electron chi connectivity index (χ4n) is 5.07. The molecule has 1 fully saturated rings. The van der Waals surface area contributed by atoms with Crippen LogP contribution in [-0.4, -0.2) is 50.3 Å². The van der Waals surface area contributed by atoms with Crippen molar-refractivity contribution >= 4 is 33.2 Å². The van der Waals surface area contributed by atoms with E-state index in [9.17, 15) is 18.0 Å². The molecule has 3 heterocycles. The quantitative estimate of drug-likeness (QED) is 0.746. The maximum atomic E-state index is 13.4. The van der Waals surface area contributed by atoms with E-state index in [-0.39, 0.29) is 48.4 Å². The molecular weight excluding hydrogens is 442 g/mol. The van der Waals surface area contributed by atoms with E-state index >= 15 is 0 Å². The topological polar surface area (TPSA) is 96.0 Å². The molecule has 8 nitrogen and oxygen atoms in total. The Morgan fingerprint density at radius 1 is 1.15 bits per heavy atom. The van der Waals surface area contributed by atoms with Gasteiger partial charge in [-0.1, -0.05) is 18.2 Å². The fourth-order valence-corrected chi connectivity index (χ4v) is 6.77. The zero-order valence-corrected chi connectivity index (χ0v) is 19.5. The first-order valence-electron chi connectivity index (χ1n) is 11.2. The minimum atomic E-state index is -3.75. The van der Waals surface area contributed by atoms with E-state index in [0.717, 1.165) is 12.1 Å². The van der Waals surface area contributed by atoms with Crippen LogP contribution in [0.4, 0.5) is 11.4 Å². The van der Waals surface area contributed by atoms with Crippen LogP contribution in [0, 0.1) is 12.8 Å². The second-order valence-electron chi connectivity index (χ2n) is 9.02. The fraction of sp³-hybridized carbons (Fsp3) is 0.417. The Bertz CT molecular complexity index is 1230. The molecular formula is C24H27N3O5S. The smallest absolute Gasteiger partial charge is 0.262 e. The Morgan fingerprint density at radius 2 is 1.88 bits per heavy atom. The molecule has 2 aromatic carbocycles. The predicted molar refractivity (Wildman–Crippen MR) is 124 cm³/mol. The first-order valence-corrected chi connectivity index (χ1v) is 12.7. The Morgan fingerprint density at radius 3 is 2.64 bits per heavy atom. The summed E-state index contributed by atoms with van der Waals surface area (Å²) >= 11 is 0. The minimum Gasteiger partial charge on any atom is -0.482 e. The van der Waals surface area contributed by atoms with E-state index < -0.39 is 10.0 Å². The number of benzene rings is 2. The molecule has 33 heavy (non-hydrogen) atoms. The zero-order valence-electron chi connectivity index (χ0n) is 18.7. The van der Waals surface area contributed by atoms with Crippen LogP contribution in [0.25, 0.3) is 0 Å². The van der Waals surface area contributed by atoms with Gasteiger partial charge in [0.1, 0.15) is 5.75 Å². The standard InChI is InChI=1S/C24H27N3O5S/c1-15-11-19-21(32-14-23(28)25-19)13-22(15)33(30,31)26-9-7-17(8-10-26)24(29)27-16(2)12-18-5-3-4-6-20(18)27/h3-6,11,13,16-17H,7-10,12,14H2,1-2H3,(H,25,28)/t16-/m0/s1. The number of ether oxygens (including phenoxy) is 1. The molecule has 5 rings (SSSR count). The van der Waals surface area contributed by atoms with Gasteiger partial charge in [0.25, 0.3) is 5.91 Å². The van der Waals surface area contributed by atoms with Crippen LogP contribution < -0.4 is 15.0 Å². The van der Waals surface area contributed by atoms with Crippen LogP contribution in [0.2, 0.25) is 0 Å². The number of aryl methyl sites for hydroxylation is 1. The summed E-state index contributed by atoms with van der Waals surface area (Å²) in [7, 11) is -3.75. The number of fused-ring (bicyclic) bond motifs is 2. The van der Waals surface area contributed by atoms with E-state index in [0.29, 0.717) is 29.8 Å². The van der Waals surface area contributed by atoms with Gasteiger partial charge in [-0.05, 0) is 56.4 Å². The number of carbonyl (C=O) groups is 2. The normalized spacial score (nSPS) is 21.2. The third-order valence-corrected chi connectivity index (χ3v) is 8.82. The minimum absolute atomic E-state index is 0.0820. The van der Waals surface area contributed by atoms with Crippen LogP contribution in [0.1, 0.15) is 30.9 Å². The third kappa shape index (κ3) is 3.79. The molecule has 0 aromatic heterocycles. The molecule has 1 saturated heterocycles. The highest BCUT2D eigenvalue weighted by atomic mass is 32.2. The number of nitrogens with one attached hydrogen (secondary N) is 1. The van der Waals surface area contributed by atoms with Crippen molar-refractivity contribution in [1.29, 1.82) is 0 Å². The van der Waals surface area contributed by atoms with Crippen molar-refractivity contribution in [2.24, 2.45) is 5.92 Å². The average Bonchev–Trinajstić information content (AvgIpc) is 3.13. The molecule has 0 unspecified atom stereocenters. The number of amides is 2. The number of hydrogen-bond acceptors (Lipinski definition) is 5. The SMILES string of the molecule is Cc1cc2c(cc1S(=O)(=O)N1CCC(C(=O)N3c4ccccc4C[C@@H]3C)CC1)OCC(=O)N2. The molecule has 1 atom stereocenters. The van der Waals surface area contributed by atoms with Crippen molar-refractivity contribution in [2.75, 3.05) is 29.9 Å². The Hall–Kier alpha value is -2.91. The third-order valence-electron chi connectivity index (χ3n) is 6.78. The lowest BCUT2D eigenvalue weighted by Gasteiger charge is -2.34. The molecule has 3 aliphatic rings. The summed E-state index contributed by atoms with van der Waals surface area (Å²) in [4.78, 5) is 27.0. The number of hydrogen-bond donors (Lipinski definition) is 1. The van der Waals surface area contributed by atoms with Crippen molar-refractivity contribution in [3.63, 3.8) is 0 Å². The number of nitrogens with zero attached hydrogens (tertiary/aromatic N) is 2. The molecule has 0 radical (unpaired) electrons. The van der Waals surface area contributed by atoms with Gasteiger partial charge >= 0.3 is 0 Å². The summed E-state index contributed by atoms with van der Waals surface area (Å²) in [6.07, 6.45) is 1.81. The number of anilines is 2. The highest BCUT2D eigenvalue weighted by molar-refractivity contribution is 7.89. The van der Waals surface area contributed by atoms with Gasteiger partial charge in [0, 0.05) is 36.8 Å². The van der Waals surface area contributed by atoms with E-state index in [1.54, 1.807) is 13.0 Å². The van der Waals surface area contributed by atoms with Crippen LogP contribution in [0.15, 0.2) is 41.3 Å². The highest BCUT2D eigenvalue weighted by Gasteiger charge is 2.38. The zero-order chi connectivity index (χ0) is 23.3. The monoisotopic (exact) mass is 469 g/mol. The number of piperidine rings is 1. The van der Waals surface area contributed by atoms with Gasteiger partial charge in [0.15, 0.2) is 6.61 Å². The lowest BCUT2D eigenvalue weighted by Crippen LogP contribution is -2.46. The summed E-state index contributed by atoms with van der Waals surface area (Å²) in [6.45, 7) is 4.20. The summed E-state index contributed by atoms with van der Waals surface area (Å²) in [5.41, 5.74) is 3.17. The molecule has 0 saturated carbocycles. The summed E-state index contributed by atoms with van der Waals surface area (Å²) in [5, 5.41) is 2.70. The Labute approximate surface area is 193 Å². The number of sulfonamides is 1. The van der Waals surface area contributed by atoms with E-state index in [2.05, 4.69) is 18.3 Å². The van der Waals surface area contributed by atoms with Crippen molar-refractivity contribution in [2.45, 2.75) is 44.0 Å².